The van der Waals surface area contributed by atoms with E-state index in [2.05, 4.69) is 0 Å². The Bertz CT molecular complexity index is 262. The lowest BCUT2D eigenvalue weighted by atomic mass is 10.5. The van der Waals surface area contributed by atoms with Gasteiger partial charge in [0.25, 0.3) is 0 Å². The maximum absolute atomic E-state index is 5.76. The summed E-state index contributed by atoms with van der Waals surface area (Å²) in [5.41, 5.74) is -2.24. The second kappa shape index (κ2) is 8.12. The molecule has 0 aromatic heterocycles. The quantitative estimate of drug-likeness (QED) is 0.620. The summed E-state index contributed by atoms with van der Waals surface area (Å²) in [6.07, 6.45) is 2.08. The van der Waals surface area contributed by atoms with Gasteiger partial charge in [-0.05, 0) is 46.4 Å². The van der Waals surface area contributed by atoms with E-state index in [1.165, 1.54) is 11.4 Å². The van der Waals surface area contributed by atoms with Crippen molar-refractivity contribution >= 4 is 40.5 Å². The topological polar surface area (TPSA) is 18.5 Å². The number of halogens is 1. The fraction of sp³-hybridized carbons (Fsp3) is 0.800. The molecule has 0 aromatic carbocycles. The highest BCUT2D eigenvalue weighted by Gasteiger charge is 2.22. The monoisotopic (exact) mass is 302 g/mol. The average molecular weight is 303 g/mol. The highest BCUT2D eigenvalue weighted by Crippen LogP contribution is 2.62. The van der Waals surface area contributed by atoms with Gasteiger partial charge in [-0.1, -0.05) is 29.1 Å². The normalized spacial score (nSPS) is 13.9. The van der Waals surface area contributed by atoms with E-state index in [1.54, 1.807) is 0 Å². The van der Waals surface area contributed by atoms with E-state index in [9.17, 15) is 0 Å². The summed E-state index contributed by atoms with van der Waals surface area (Å²) in [4.78, 5) is 0. The molecular formula is C10H20ClO2PS2. The highest BCUT2D eigenvalue weighted by atomic mass is 35.5. The molecule has 2 nitrogen and oxygen atoms in total. The molecule has 0 atom stereocenters. The van der Waals surface area contributed by atoms with Gasteiger partial charge < -0.3 is 9.05 Å². The largest absolute Gasteiger partial charge is 0.319 e. The van der Waals surface area contributed by atoms with Gasteiger partial charge in [-0.2, -0.15) is 0 Å². The van der Waals surface area contributed by atoms with Gasteiger partial charge in [0.15, 0.2) is 0 Å². The van der Waals surface area contributed by atoms with Crippen molar-refractivity contribution in [2.45, 2.75) is 46.8 Å². The SMILES string of the molecule is C/C(Cl)=C/CSP(=S)(OC(C)C)OC(C)C. The van der Waals surface area contributed by atoms with Crippen molar-refractivity contribution < 1.29 is 9.05 Å². The molecule has 0 unspecified atom stereocenters. The zero-order chi connectivity index (χ0) is 12.8. The van der Waals surface area contributed by atoms with Crippen molar-refractivity contribution in [1.82, 2.24) is 0 Å². The van der Waals surface area contributed by atoms with Crippen molar-refractivity contribution in [1.29, 1.82) is 0 Å². The summed E-state index contributed by atoms with van der Waals surface area (Å²) >= 11 is 12.8. The molecule has 0 bridgehead atoms. The molecule has 0 aliphatic heterocycles. The van der Waals surface area contributed by atoms with E-state index in [-0.39, 0.29) is 12.2 Å². The van der Waals surface area contributed by atoms with Crippen LogP contribution in [0.5, 0.6) is 0 Å². The standard InChI is InChI=1S/C10H20ClO2PS2/c1-8(2)12-14(15,13-9(3)4)16-7-6-10(5)11/h6,8-9H,7H2,1-5H3/b10-6-. The molecule has 0 saturated carbocycles. The Kier molecular flexibility index (Phi) is 8.60. The smallest absolute Gasteiger partial charge is 0.248 e. The second-order valence-electron chi connectivity index (χ2n) is 3.84. The summed E-state index contributed by atoms with van der Waals surface area (Å²) in [7, 11) is 0. The molecule has 16 heavy (non-hydrogen) atoms. The lowest BCUT2D eigenvalue weighted by Gasteiger charge is -2.25. The third-order valence-electron chi connectivity index (χ3n) is 1.28. The molecule has 0 aromatic rings. The minimum absolute atomic E-state index is 0.0816. The predicted octanol–water partition coefficient (Wildman–Crippen LogP) is 4.94. The molecule has 0 aliphatic carbocycles. The summed E-state index contributed by atoms with van der Waals surface area (Å²) in [5.74, 6) is 0.728. The lowest BCUT2D eigenvalue weighted by Crippen LogP contribution is -2.05. The zero-order valence-electron chi connectivity index (χ0n) is 10.4. The van der Waals surface area contributed by atoms with Crippen LogP contribution in [0.2, 0.25) is 0 Å². The number of hydrogen-bond donors (Lipinski definition) is 0. The third kappa shape index (κ3) is 9.03. The molecule has 0 amide bonds. The zero-order valence-corrected chi connectivity index (χ0v) is 13.7. The Balaban J connectivity index is 4.42. The van der Waals surface area contributed by atoms with Crippen molar-refractivity contribution in [2.75, 3.05) is 5.75 Å². The van der Waals surface area contributed by atoms with Crippen molar-refractivity contribution in [3.8, 4) is 0 Å². The van der Waals surface area contributed by atoms with Crippen molar-refractivity contribution in [3.05, 3.63) is 11.1 Å². The van der Waals surface area contributed by atoms with Crippen LogP contribution in [0.3, 0.4) is 0 Å². The number of allylic oxidation sites excluding steroid dienone is 1. The summed E-state index contributed by atoms with van der Waals surface area (Å²) in [6, 6.07) is 0. The van der Waals surface area contributed by atoms with Gasteiger partial charge >= 0.3 is 0 Å². The Labute approximate surface area is 113 Å². The molecule has 96 valence electrons. The van der Waals surface area contributed by atoms with Crippen LogP contribution in [-0.4, -0.2) is 18.0 Å². The van der Waals surface area contributed by atoms with E-state index in [1.807, 2.05) is 40.7 Å². The van der Waals surface area contributed by atoms with Crippen LogP contribution in [-0.2, 0) is 20.9 Å². The predicted molar refractivity (Wildman–Crippen MR) is 78.8 cm³/mol. The molecule has 0 aliphatic rings. The summed E-state index contributed by atoms with van der Waals surface area (Å²) in [6.45, 7) is 9.71. The number of rotatable bonds is 7. The molecule has 0 saturated heterocycles. The van der Waals surface area contributed by atoms with E-state index in [0.29, 0.717) is 0 Å². The maximum Gasteiger partial charge on any atom is 0.248 e. The highest BCUT2D eigenvalue weighted by molar-refractivity contribution is 8.67. The molecule has 0 N–H and O–H groups in total. The first kappa shape index (κ1) is 16.9. The van der Waals surface area contributed by atoms with Gasteiger partial charge in [0.2, 0.25) is 5.69 Å². The van der Waals surface area contributed by atoms with Crippen LogP contribution in [0.15, 0.2) is 11.1 Å². The molecule has 6 heteroatoms. The minimum Gasteiger partial charge on any atom is -0.319 e. The van der Waals surface area contributed by atoms with Gasteiger partial charge in [0, 0.05) is 10.8 Å². The van der Waals surface area contributed by atoms with Crippen LogP contribution >= 0.6 is 28.7 Å². The van der Waals surface area contributed by atoms with Gasteiger partial charge in [-0.15, -0.1) is 0 Å². The Morgan fingerprint density at radius 2 is 1.75 bits per heavy atom. The number of hydrogen-bond acceptors (Lipinski definition) is 4. The van der Waals surface area contributed by atoms with E-state index < -0.39 is 5.69 Å². The van der Waals surface area contributed by atoms with Crippen molar-refractivity contribution in [3.63, 3.8) is 0 Å². The van der Waals surface area contributed by atoms with E-state index in [4.69, 9.17) is 32.5 Å². The first-order valence-corrected chi connectivity index (χ1v) is 9.79. The van der Waals surface area contributed by atoms with E-state index >= 15 is 0 Å². The molecule has 0 heterocycles. The van der Waals surface area contributed by atoms with Gasteiger partial charge in [0.1, 0.15) is 0 Å². The molecule has 0 fully saturated rings. The van der Waals surface area contributed by atoms with Crippen molar-refractivity contribution in [2.24, 2.45) is 0 Å². The molecule has 0 rings (SSSR count). The Hall–Kier alpha value is 0.950. The fourth-order valence-corrected chi connectivity index (χ4v) is 6.48. The van der Waals surface area contributed by atoms with Gasteiger partial charge in [-0.3, -0.25) is 0 Å². The Morgan fingerprint density at radius 1 is 1.31 bits per heavy atom. The van der Waals surface area contributed by atoms with Crippen LogP contribution in [0.25, 0.3) is 0 Å². The molecule has 0 radical (unpaired) electrons. The molecular weight excluding hydrogens is 283 g/mol. The fourth-order valence-electron chi connectivity index (χ4n) is 0.845. The maximum atomic E-state index is 5.76. The van der Waals surface area contributed by atoms with Crippen LogP contribution in [0, 0.1) is 0 Å². The third-order valence-corrected chi connectivity index (χ3v) is 6.80. The lowest BCUT2D eigenvalue weighted by molar-refractivity contribution is 0.186. The van der Waals surface area contributed by atoms with Crippen LogP contribution in [0.4, 0.5) is 0 Å². The first-order chi connectivity index (χ1) is 7.25. The second-order valence-corrected chi connectivity index (χ2v) is 10.7. The summed E-state index contributed by atoms with van der Waals surface area (Å²) in [5, 5.41) is 0.767. The van der Waals surface area contributed by atoms with E-state index in [0.717, 1.165) is 10.8 Å². The summed E-state index contributed by atoms with van der Waals surface area (Å²) < 4.78 is 11.4. The molecule has 0 spiro atoms. The first-order valence-electron chi connectivity index (χ1n) is 5.19. The van der Waals surface area contributed by atoms with Gasteiger partial charge in [-0.25, -0.2) is 0 Å². The van der Waals surface area contributed by atoms with Crippen LogP contribution < -0.4 is 0 Å². The van der Waals surface area contributed by atoms with Gasteiger partial charge in [0.05, 0.1) is 12.2 Å². The Morgan fingerprint density at radius 3 is 2.06 bits per heavy atom. The van der Waals surface area contributed by atoms with Crippen LogP contribution in [0.1, 0.15) is 34.6 Å². The average Bonchev–Trinajstić information content (AvgIpc) is 1.98. The minimum atomic E-state index is -2.24.